The van der Waals surface area contributed by atoms with Crippen LogP contribution in [0.25, 0.3) is 0 Å². The Labute approximate surface area is 244 Å². The quantitative estimate of drug-likeness (QED) is 0.0704. The summed E-state index contributed by atoms with van der Waals surface area (Å²) in [6.07, 6.45) is 18.3. The van der Waals surface area contributed by atoms with E-state index in [9.17, 15) is 9.59 Å². The van der Waals surface area contributed by atoms with Crippen molar-refractivity contribution in [2.24, 2.45) is 0 Å². The fourth-order valence-electron chi connectivity index (χ4n) is 4.55. The Hall–Kier alpha value is -1.86. The summed E-state index contributed by atoms with van der Waals surface area (Å²) in [4.78, 5) is 26.2. The molecule has 2 unspecified atom stereocenters. The van der Waals surface area contributed by atoms with Crippen molar-refractivity contribution in [3.8, 4) is 10.1 Å². The molecule has 0 aliphatic heterocycles. The van der Waals surface area contributed by atoms with Gasteiger partial charge in [-0.05, 0) is 60.7 Å². The molecular formula is C32H50O5S2. The van der Waals surface area contributed by atoms with E-state index in [0.717, 1.165) is 38.5 Å². The van der Waals surface area contributed by atoms with Crippen molar-refractivity contribution in [1.29, 1.82) is 0 Å². The second-order valence-corrected chi connectivity index (χ2v) is 12.2. The van der Waals surface area contributed by atoms with E-state index in [1.165, 1.54) is 86.9 Å². The summed E-state index contributed by atoms with van der Waals surface area (Å²) in [5.74, 6) is -1.24. The first-order valence-corrected chi connectivity index (χ1v) is 17.1. The number of rotatable bonds is 24. The number of carbonyl (C=O) groups is 2. The molecule has 0 aliphatic rings. The van der Waals surface area contributed by atoms with Crippen molar-refractivity contribution in [2.45, 2.75) is 142 Å². The Morgan fingerprint density at radius 2 is 0.949 bits per heavy atom. The maximum Gasteiger partial charge on any atom is 0.355 e. The van der Waals surface area contributed by atoms with E-state index in [1.54, 1.807) is 0 Å². The molecule has 0 N–H and O–H groups in total. The fraction of sp³-hybridized carbons (Fsp3) is 0.688. The van der Waals surface area contributed by atoms with Crippen molar-refractivity contribution in [2.75, 3.05) is 0 Å². The third kappa shape index (κ3) is 15.5. The van der Waals surface area contributed by atoms with E-state index in [-0.39, 0.29) is 0 Å². The van der Waals surface area contributed by atoms with Crippen LogP contribution in [0.1, 0.15) is 129 Å². The van der Waals surface area contributed by atoms with Gasteiger partial charge in [-0.25, -0.2) is 9.59 Å². The second kappa shape index (κ2) is 21.9. The Kier molecular flexibility index (Phi) is 18.7. The van der Waals surface area contributed by atoms with E-state index in [4.69, 9.17) is 14.2 Å². The van der Waals surface area contributed by atoms with Crippen LogP contribution in [0.4, 0.5) is 0 Å². The number of unbranched alkanes of at least 4 members (excludes halogenated alkanes) is 14. The maximum absolute atomic E-state index is 13.1. The molecule has 0 radical (unpaired) electrons. The molecule has 5 nitrogen and oxygen atoms in total. The zero-order valence-corrected chi connectivity index (χ0v) is 25.8. The minimum atomic E-state index is -0.793. The topological polar surface area (TPSA) is 61.8 Å². The third-order valence-corrected chi connectivity index (χ3v) is 8.39. The molecule has 2 aromatic heterocycles. The highest BCUT2D eigenvalue weighted by atomic mass is 32.1. The van der Waals surface area contributed by atoms with Gasteiger partial charge in [0.25, 0.3) is 0 Å². The molecule has 0 amide bonds. The first-order chi connectivity index (χ1) is 19.1. The summed E-state index contributed by atoms with van der Waals surface area (Å²) in [6.45, 7) is 4.45. The molecule has 2 rings (SSSR count). The predicted molar refractivity (Wildman–Crippen MR) is 163 cm³/mol. The van der Waals surface area contributed by atoms with Crippen LogP contribution in [0, 0.1) is 0 Å². The largest absolute Gasteiger partial charge is 0.469 e. The summed E-state index contributed by atoms with van der Waals surface area (Å²) in [7, 11) is 0. The van der Waals surface area contributed by atoms with E-state index < -0.39 is 24.1 Å². The lowest BCUT2D eigenvalue weighted by molar-refractivity contribution is -0.169. The minimum Gasteiger partial charge on any atom is -0.469 e. The van der Waals surface area contributed by atoms with Crippen LogP contribution in [0.15, 0.2) is 35.0 Å². The fourth-order valence-corrected chi connectivity index (χ4v) is 5.79. The summed E-state index contributed by atoms with van der Waals surface area (Å²) in [5.41, 5.74) is 0. The van der Waals surface area contributed by atoms with Gasteiger partial charge in [0, 0.05) is 0 Å². The molecule has 0 aromatic carbocycles. The van der Waals surface area contributed by atoms with Crippen LogP contribution >= 0.6 is 22.7 Å². The monoisotopic (exact) mass is 578 g/mol. The molecule has 7 heteroatoms. The van der Waals surface area contributed by atoms with Crippen molar-refractivity contribution in [3.05, 3.63) is 35.0 Å². The molecule has 0 aliphatic carbocycles. The third-order valence-electron chi connectivity index (χ3n) is 6.87. The number of hydrogen-bond donors (Lipinski definition) is 0. The molecule has 0 bridgehead atoms. The number of carbonyl (C=O) groups excluding carboxylic acids is 2. The van der Waals surface area contributed by atoms with Gasteiger partial charge in [-0.2, -0.15) is 0 Å². The lowest BCUT2D eigenvalue weighted by Gasteiger charge is -2.19. The van der Waals surface area contributed by atoms with E-state index >= 15 is 0 Å². The highest BCUT2D eigenvalue weighted by molar-refractivity contribution is 7.12. The Bertz CT molecular complexity index is 780. The van der Waals surface area contributed by atoms with Gasteiger partial charge in [-0.15, -0.1) is 22.7 Å². The predicted octanol–water partition coefficient (Wildman–Crippen LogP) is 10.1. The summed E-state index contributed by atoms with van der Waals surface area (Å²) in [6, 6.07) is 7.45. The van der Waals surface area contributed by atoms with Gasteiger partial charge in [0.2, 0.25) is 0 Å². The van der Waals surface area contributed by atoms with Gasteiger partial charge >= 0.3 is 11.9 Å². The Balaban J connectivity index is 1.85. The number of ether oxygens (including phenoxy) is 3. The average molecular weight is 579 g/mol. The average Bonchev–Trinajstić information content (AvgIpc) is 3.65. The van der Waals surface area contributed by atoms with Crippen molar-refractivity contribution in [3.63, 3.8) is 0 Å². The van der Waals surface area contributed by atoms with Crippen LogP contribution < -0.4 is 9.47 Å². The molecule has 2 heterocycles. The second-order valence-electron chi connectivity index (χ2n) is 10.3. The summed E-state index contributed by atoms with van der Waals surface area (Å²) in [5, 5.41) is 5.14. The number of esters is 2. The molecular weight excluding hydrogens is 528 g/mol. The summed E-state index contributed by atoms with van der Waals surface area (Å²) >= 11 is 2.87. The SMILES string of the molecule is CCCCCCCCCCC(Oc1cccs1)C(=O)OC(=O)C(CCCCCCCCCC)Oc1cccs1. The smallest absolute Gasteiger partial charge is 0.355 e. The van der Waals surface area contributed by atoms with Gasteiger partial charge in [0.1, 0.15) is 0 Å². The molecule has 0 fully saturated rings. The van der Waals surface area contributed by atoms with Gasteiger partial charge in [0.15, 0.2) is 22.3 Å². The standard InChI is InChI=1S/C32H50O5S2/c1-3-5-7-9-11-13-15-17-21-27(35-29-23-19-25-38-29)31(33)37-32(34)28(36-30-24-20-26-39-30)22-18-16-14-12-10-8-6-4-2/h19-20,23-28H,3-18,21-22H2,1-2H3. The van der Waals surface area contributed by atoms with Crippen LogP contribution in [0.2, 0.25) is 0 Å². The van der Waals surface area contributed by atoms with Crippen LogP contribution in [-0.2, 0) is 14.3 Å². The maximum atomic E-state index is 13.1. The van der Waals surface area contributed by atoms with Crippen molar-refractivity contribution >= 4 is 34.6 Å². The molecule has 0 saturated heterocycles. The van der Waals surface area contributed by atoms with E-state index in [1.807, 2.05) is 35.0 Å². The molecule has 2 aromatic rings. The lowest BCUT2D eigenvalue weighted by atomic mass is 10.1. The van der Waals surface area contributed by atoms with Gasteiger partial charge in [-0.1, -0.05) is 104 Å². The van der Waals surface area contributed by atoms with Gasteiger partial charge in [0.05, 0.1) is 0 Å². The number of thiophene rings is 2. The molecule has 0 spiro atoms. The number of hydrogen-bond acceptors (Lipinski definition) is 7. The first-order valence-electron chi connectivity index (χ1n) is 15.3. The minimum absolute atomic E-state index is 0.535. The zero-order chi connectivity index (χ0) is 28.0. The van der Waals surface area contributed by atoms with Crippen molar-refractivity contribution < 1.29 is 23.8 Å². The van der Waals surface area contributed by atoms with Crippen LogP contribution in [0.5, 0.6) is 10.1 Å². The normalized spacial score (nSPS) is 12.7. The molecule has 2 atom stereocenters. The molecule has 0 saturated carbocycles. The van der Waals surface area contributed by atoms with Crippen molar-refractivity contribution in [1.82, 2.24) is 0 Å². The van der Waals surface area contributed by atoms with Gasteiger partial charge in [-0.3, -0.25) is 0 Å². The highest BCUT2D eigenvalue weighted by Gasteiger charge is 2.30. The molecule has 220 valence electrons. The van der Waals surface area contributed by atoms with Crippen LogP contribution in [-0.4, -0.2) is 24.1 Å². The first kappa shape index (κ1) is 33.3. The lowest BCUT2D eigenvalue weighted by Crippen LogP contribution is -2.36. The molecule has 39 heavy (non-hydrogen) atoms. The summed E-state index contributed by atoms with van der Waals surface area (Å²) < 4.78 is 17.3. The van der Waals surface area contributed by atoms with Crippen LogP contribution in [0.3, 0.4) is 0 Å². The zero-order valence-electron chi connectivity index (χ0n) is 24.2. The van der Waals surface area contributed by atoms with Gasteiger partial charge < -0.3 is 14.2 Å². The van der Waals surface area contributed by atoms with E-state index in [2.05, 4.69) is 13.8 Å². The highest BCUT2D eigenvalue weighted by Crippen LogP contribution is 2.25. The van der Waals surface area contributed by atoms with E-state index in [0.29, 0.717) is 23.0 Å². The Morgan fingerprint density at radius 1 is 0.590 bits per heavy atom. The Morgan fingerprint density at radius 3 is 1.28 bits per heavy atom.